The second-order valence-electron chi connectivity index (χ2n) is 3.86. The van der Waals surface area contributed by atoms with Gasteiger partial charge in [-0.2, -0.15) is 5.26 Å². The zero-order valence-corrected chi connectivity index (χ0v) is 10.4. The molecule has 0 aromatic heterocycles. The molecule has 18 heavy (non-hydrogen) atoms. The first-order valence-electron chi connectivity index (χ1n) is 5.47. The van der Waals surface area contributed by atoms with Crippen LogP contribution in [-0.4, -0.2) is 0 Å². The number of benzene rings is 2. The summed E-state index contributed by atoms with van der Waals surface area (Å²) in [4.78, 5) is 0. The molecule has 0 aliphatic heterocycles. The van der Waals surface area contributed by atoms with Crippen molar-refractivity contribution in [1.29, 1.82) is 5.26 Å². The van der Waals surface area contributed by atoms with Gasteiger partial charge in [0.15, 0.2) is 0 Å². The molecule has 0 aliphatic rings. The Morgan fingerprint density at radius 3 is 2.72 bits per heavy atom. The Morgan fingerprint density at radius 1 is 1.22 bits per heavy atom. The summed E-state index contributed by atoms with van der Waals surface area (Å²) in [6.07, 6.45) is 0. The maximum Gasteiger partial charge on any atom is 0.0992 e. The van der Waals surface area contributed by atoms with Gasteiger partial charge in [-0.05, 0) is 29.8 Å². The molecular weight excluding hydrogens is 246 g/mol. The van der Waals surface area contributed by atoms with Crippen LogP contribution in [0.25, 0.3) is 0 Å². The molecule has 0 saturated heterocycles. The smallest absolute Gasteiger partial charge is 0.0992 e. The molecule has 3 N–H and O–H groups in total. The molecule has 0 radical (unpaired) electrons. The molecule has 90 valence electrons. The molecule has 2 rings (SSSR count). The van der Waals surface area contributed by atoms with E-state index in [1.54, 1.807) is 18.2 Å². The molecule has 0 fully saturated rings. The largest absolute Gasteiger partial charge is 0.398 e. The van der Waals surface area contributed by atoms with E-state index in [9.17, 15) is 0 Å². The first-order valence-corrected chi connectivity index (χ1v) is 5.85. The molecule has 2 aromatic rings. The van der Waals surface area contributed by atoms with E-state index in [0.717, 1.165) is 16.9 Å². The second kappa shape index (κ2) is 5.44. The predicted molar refractivity (Wildman–Crippen MR) is 74.3 cm³/mol. The summed E-state index contributed by atoms with van der Waals surface area (Å²) in [6, 6.07) is 14.8. The van der Waals surface area contributed by atoms with Crippen LogP contribution in [0.4, 0.5) is 11.4 Å². The van der Waals surface area contributed by atoms with E-state index < -0.39 is 0 Å². The number of halogens is 1. The Bertz CT molecular complexity index is 602. The number of nitrogens with two attached hydrogens (primary N) is 1. The Kier molecular flexibility index (Phi) is 3.71. The first kappa shape index (κ1) is 12.3. The third kappa shape index (κ3) is 2.73. The highest BCUT2D eigenvalue weighted by Gasteiger charge is 2.03. The molecule has 2 aromatic carbocycles. The SMILES string of the molecule is N#Cc1ccc(Cl)c(NCc2ccccc2N)c1. The van der Waals surface area contributed by atoms with Crippen LogP contribution in [-0.2, 0) is 6.54 Å². The zero-order chi connectivity index (χ0) is 13.0. The molecule has 0 saturated carbocycles. The maximum atomic E-state index is 8.84. The maximum absolute atomic E-state index is 8.84. The van der Waals surface area contributed by atoms with Crippen LogP contribution in [0.2, 0.25) is 5.02 Å². The van der Waals surface area contributed by atoms with E-state index in [-0.39, 0.29) is 0 Å². The third-order valence-electron chi connectivity index (χ3n) is 2.62. The summed E-state index contributed by atoms with van der Waals surface area (Å²) in [5.41, 5.74) is 8.89. The van der Waals surface area contributed by atoms with Crippen molar-refractivity contribution >= 4 is 23.0 Å². The van der Waals surface area contributed by atoms with E-state index in [1.165, 1.54) is 0 Å². The fourth-order valence-electron chi connectivity index (χ4n) is 1.62. The van der Waals surface area contributed by atoms with Gasteiger partial charge in [-0.1, -0.05) is 29.8 Å². The Balaban J connectivity index is 2.16. The number of anilines is 2. The van der Waals surface area contributed by atoms with E-state index in [0.29, 0.717) is 17.1 Å². The van der Waals surface area contributed by atoms with E-state index in [4.69, 9.17) is 22.6 Å². The Hall–Kier alpha value is -2.18. The fraction of sp³-hybridized carbons (Fsp3) is 0.0714. The van der Waals surface area contributed by atoms with Crippen LogP contribution in [0.15, 0.2) is 42.5 Å². The molecule has 0 heterocycles. The van der Waals surface area contributed by atoms with Gasteiger partial charge in [0.1, 0.15) is 0 Å². The minimum Gasteiger partial charge on any atom is -0.398 e. The monoisotopic (exact) mass is 257 g/mol. The zero-order valence-electron chi connectivity index (χ0n) is 9.65. The van der Waals surface area contributed by atoms with E-state index in [2.05, 4.69) is 11.4 Å². The van der Waals surface area contributed by atoms with Gasteiger partial charge in [-0.3, -0.25) is 0 Å². The first-order chi connectivity index (χ1) is 8.70. The van der Waals surface area contributed by atoms with Crippen molar-refractivity contribution in [3.63, 3.8) is 0 Å². The van der Waals surface area contributed by atoms with Gasteiger partial charge in [-0.15, -0.1) is 0 Å². The highest BCUT2D eigenvalue weighted by Crippen LogP contribution is 2.24. The molecule has 4 heteroatoms. The third-order valence-corrected chi connectivity index (χ3v) is 2.95. The van der Waals surface area contributed by atoms with E-state index in [1.807, 2.05) is 24.3 Å². The van der Waals surface area contributed by atoms with Crippen molar-refractivity contribution in [3.05, 3.63) is 58.6 Å². The van der Waals surface area contributed by atoms with Crippen molar-refractivity contribution in [1.82, 2.24) is 0 Å². The summed E-state index contributed by atoms with van der Waals surface area (Å²) >= 11 is 6.06. The normalized spacial score (nSPS) is 9.78. The average Bonchev–Trinajstić information content (AvgIpc) is 2.39. The predicted octanol–water partition coefficient (Wildman–Crippen LogP) is 3.41. The van der Waals surface area contributed by atoms with Crippen LogP contribution >= 0.6 is 11.6 Å². The standard InChI is InChI=1S/C14H12ClN3/c15-12-6-5-10(8-16)7-14(12)18-9-11-3-1-2-4-13(11)17/h1-7,18H,9,17H2. The quantitative estimate of drug-likeness (QED) is 0.829. The van der Waals surface area contributed by atoms with Crippen molar-refractivity contribution < 1.29 is 0 Å². The fourth-order valence-corrected chi connectivity index (χ4v) is 1.80. The highest BCUT2D eigenvalue weighted by molar-refractivity contribution is 6.33. The number of rotatable bonds is 3. The van der Waals surface area contributed by atoms with Crippen LogP contribution in [0.3, 0.4) is 0 Å². The molecule has 0 unspecified atom stereocenters. The second-order valence-corrected chi connectivity index (χ2v) is 4.27. The van der Waals surface area contributed by atoms with Gasteiger partial charge in [0, 0.05) is 12.2 Å². The van der Waals surface area contributed by atoms with Crippen LogP contribution in [0.1, 0.15) is 11.1 Å². The number of nitrogens with zero attached hydrogens (tertiary/aromatic N) is 1. The van der Waals surface area contributed by atoms with Gasteiger partial charge in [-0.25, -0.2) is 0 Å². The lowest BCUT2D eigenvalue weighted by Gasteiger charge is -2.10. The number of hydrogen-bond acceptors (Lipinski definition) is 3. The summed E-state index contributed by atoms with van der Waals surface area (Å²) in [7, 11) is 0. The Labute approximate surface area is 111 Å². The summed E-state index contributed by atoms with van der Waals surface area (Å²) in [6.45, 7) is 0.571. The van der Waals surface area contributed by atoms with Crippen LogP contribution in [0.5, 0.6) is 0 Å². The number of nitrogens with one attached hydrogen (secondary N) is 1. The molecule has 0 spiro atoms. The highest BCUT2D eigenvalue weighted by atomic mass is 35.5. The van der Waals surface area contributed by atoms with Crippen molar-refractivity contribution in [3.8, 4) is 6.07 Å². The summed E-state index contributed by atoms with van der Waals surface area (Å²) < 4.78 is 0. The topological polar surface area (TPSA) is 61.8 Å². The van der Waals surface area contributed by atoms with Gasteiger partial charge in [0.25, 0.3) is 0 Å². The van der Waals surface area contributed by atoms with Crippen molar-refractivity contribution in [2.24, 2.45) is 0 Å². The van der Waals surface area contributed by atoms with Gasteiger partial charge >= 0.3 is 0 Å². The average molecular weight is 258 g/mol. The van der Waals surface area contributed by atoms with Crippen molar-refractivity contribution in [2.75, 3.05) is 11.1 Å². The molecular formula is C14H12ClN3. The molecule has 0 amide bonds. The molecule has 0 bridgehead atoms. The molecule has 0 atom stereocenters. The Morgan fingerprint density at radius 2 is 2.00 bits per heavy atom. The van der Waals surface area contributed by atoms with E-state index >= 15 is 0 Å². The lowest BCUT2D eigenvalue weighted by molar-refractivity contribution is 1.15. The minimum atomic E-state index is 0.571. The number of nitrogen functional groups attached to an aromatic ring is 1. The van der Waals surface area contributed by atoms with Crippen LogP contribution < -0.4 is 11.1 Å². The lowest BCUT2D eigenvalue weighted by Crippen LogP contribution is -2.03. The number of para-hydroxylation sites is 1. The number of nitriles is 1. The lowest BCUT2D eigenvalue weighted by atomic mass is 10.1. The van der Waals surface area contributed by atoms with Gasteiger partial charge in [0.2, 0.25) is 0 Å². The van der Waals surface area contributed by atoms with Gasteiger partial charge in [0.05, 0.1) is 22.3 Å². The number of hydrogen-bond donors (Lipinski definition) is 2. The van der Waals surface area contributed by atoms with Crippen molar-refractivity contribution in [2.45, 2.75) is 6.54 Å². The van der Waals surface area contributed by atoms with Gasteiger partial charge < -0.3 is 11.1 Å². The molecule has 3 nitrogen and oxygen atoms in total. The summed E-state index contributed by atoms with van der Waals surface area (Å²) in [5.74, 6) is 0. The summed E-state index contributed by atoms with van der Waals surface area (Å²) in [5, 5.41) is 12.6. The minimum absolute atomic E-state index is 0.571. The van der Waals surface area contributed by atoms with Crippen LogP contribution in [0, 0.1) is 11.3 Å². The molecule has 0 aliphatic carbocycles.